The first-order valence-electron chi connectivity index (χ1n) is 8.64. The van der Waals surface area contributed by atoms with E-state index in [0.717, 1.165) is 36.2 Å². The molecule has 2 rings (SSSR count). The van der Waals surface area contributed by atoms with Crippen molar-refractivity contribution in [3.05, 3.63) is 30.1 Å². The van der Waals surface area contributed by atoms with Gasteiger partial charge in [0, 0.05) is 19.6 Å². The summed E-state index contributed by atoms with van der Waals surface area (Å²) in [4.78, 5) is 16.3. The first kappa shape index (κ1) is 18.3. The van der Waals surface area contributed by atoms with Crippen LogP contribution in [0.4, 0.5) is 4.79 Å². The second-order valence-electron chi connectivity index (χ2n) is 6.24. The normalized spacial score (nSPS) is 13.7. The highest BCUT2D eigenvalue weighted by Gasteiger charge is 2.13. The number of imidazole rings is 1. The van der Waals surface area contributed by atoms with E-state index >= 15 is 0 Å². The SMILES string of the molecule is CCC(C)C(O)CNC(=O)NCCCn1c(C)nc2ccccc21. The predicted octanol–water partition coefficient (Wildman–Crippen LogP) is 2.44. The number of carbonyl (C=O) groups is 1. The van der Waals surface area contributed by atoms with Crippen molar-refractivity contribution in [2.75, 3.05) is 13.1 Å². The second kappa shape index (κ2) is 8.68. The minimum atomic E-state index is -0.499. The Kier molecular flexibility index (Phi) is 6.61. The molecule has 0 saturated heterocycles. The fraction of sp³-hybridized carbons (Fsp3) is 0.556. The van der Waals surface area contributed by atoms with Crippen molar-refractivity contribution in [1.29, 1.82) is 0 Å². The van der Waals surface area contributed by atoms with Crippen LogP contribution in [0.2, 0.25) is 0 Å². The number of hydrogen-bond donors (Lipinski definition) is 3. The molecular weight excluding hydrogens is 304 g/mol. The van der Waals surface area contributed by atoms with Gasteiger partial charge in [-0.1, -0.05) is 32.4 Å². The maximum Gasteiger partial charge on any atom is 0.314 e. The summed E-state index contributed by atoms with van der Waals surface area (Å²) in [5.74, 6) is 1.17. The number of aryl methyl sites for hydroxylation is 2. The van der Waals surface area contributed by atoms with Gasteiger partial charge in [-0.05, 0) is 31.4 Å². The van der Waals surface area contributed by atoms with Crippen molar-refractivity contribution in [1.82, 2.24) is 20.2 Å². The number of amides is 2. The third-order valence-electron chi connectivity index (χ3n) is 4.46. The van der Waals surface area contributed by atoms with E-state index in [1.807, 2.05) is 39.0 Å². The number of aliphatic hydroxyl groups is 1. The van der Waals surface area contributed by atoms with E-state index in [1.54, 1.807) is 0 Å². The van der Waals surface area contributed by atoms with Crippen LogP contribution in [0.1, 0.15) is 32.5 Å². The van der Waals surface area contributed by atoms with Crippen molar-refractivity contribution >= 4 is 17.1 Å². The molecule has 0 bridgehead atoms. The molecule has 132 valence electrons. The van der Waals surface area contributed by atoms with Crippen LogP contribution < -0.4 is 10.6 Å². The van der Waals surface area contributed by atoms with Gasteiger partial charge in [0.05, 0.1) is 17.1 Å². The minimum Gasteiger partial charge on any atom is -0.391 e. The number of nitrogens with zero attached hydrogens (tertiary/aromatic N) is 2. The van der Waals surface area contributed by atoms with Crippen LogP contribution in [-0.2, 0) is 6.54 Å². The van der Waals surface area contributed by atoms with Gasteiger partial charge >= 0.3 is 6.03 Å². The monoisotopic (exact) mass is 332 g/mol. The zero-order chi connectivity index (χ0) is 17.5. The highest BCUT2D eigenvalue weighted by Crippen LogP contribution is 2.15. The number of aromatic nitrogens is 2. The van der Waals surface area contributed by atoms with Gasteiger partial charge in [-0.15, -0.1) is 0 Å². The van der Waals surface area contributed by atoms with Crippen LogP contribution in [0, 0.1) is 12.8 Å². The van der Waals surface area contributed by atoms with Crippen molar-refractivity contribution in [3.63, 3.8) is 0 Å². The molecule has 0 radical (unpaired) electrons. The Morgan fingerprint density at radius 2 is 2.08 bits per heavy atom. The van der Waals surface area contributed by atoms with Gasteiger partial charge in [0.15, 0.2) is 0 Å². The Balaban J connectivity index is 1.72. The summed E-state index contributed by atoms with van der Waals surface area (Å²) in [6.07, 6.45) is 1.21. The van der Waals surface area contributed by atoms with Crippen LogP contribution in [0.3, 0.4) is 0 Å². The summed E-state index contributed by atoms with van der Waals surface area (Å²) in [6, 6.07) is 7.83. The highest BCUT2D eigenvalue weighted by atomic mass is 16.3. The Hall–Kier alpha value is -2.08. The average Bonchev–Trinajstić information content (AvgIpc) is 2.91. The highest BCUT2D eigenvalue weighted by molar-refractivity contribution is 5.76. The zero-order valence-electron chi connectivity index (χ0n) is 14.7. The van der Waals surface area contributed by atoms with Crippen LogP contribution in [0.5, 0.6) is 0 Å². The molecule has 0 aliphatic heterocycles. The molecule has 2 atom stereocenters. The van der Waals surface area contributed by atoms with E-state index in [-0.39, 0.29) is 18.5 Å². The first-order valence-corrected chi connectivity index (χ1v) is 8.64. The number of carbonyl (C=O) groups excluding carboxylic acids is 1. The summed E-state index contributed by atoms with van der Waals surface area (Å²) in [5, 5.41) is 15.4. The third-order valence-corrected chi connectivity index (χ3v) is 4.46. The molecule has 0 aliphatic rings. The Labute approximate surface area is 143 Å². The molecule has 6 heteroatoms. The van der Waals surface area contributed by atoms with E-state index in [2.05, 4.69) is 26.3 Å². The molecule has 1 heterocycles. The summed E-state index contributed by atoms with van der Waals surface area (Å²) < 4.78 is 2.17. The molecule has 1 aromatic carbocycles. The van der Waals surface area contributed by atoms with Crippen LogP contribution >= 0.6 is 0 Å². The fourth-order valence-electron chi connectivity index (χ4n) is 2.65. The van der Waals surface area contributed by atoms with E-state index in [4.69, 9.17) is 0 Å². The summed E-state index contributed by atoms with van der Waals surface area (Å²) in [5.41, 5.74) is 2.12. The van der Waals surface area contributed by atoms with Gasteiger partial charge in [-0.2, -0.15) is 0 Å². The van der Waals surface area contributed by atoms with Gasteiger partial charge in [0.25, 0.3) is 0 Å². The lowest BCUT2D eigenvalue weighted by Gasteiger charge is -2.17. The molecule has 0 fully saturated rings. The minimum absolute atomic E-state index is 0.183. The van der Waals surface area contributed by atoms with E-state index in [0.29, 0.717) is 6.54 Å². The number of benzene rings is 1. The summed E-state index contributed by atoms with van der Waals surface area (Å²) in [7, 11) is 0. The topological polar surface area (TPSA) is 79.2 Å². The van der Waals surface area contributed by atoms with Crippen LogP contribution in [-0.4, -0.2) is 39.9 Å². The fourth-order valence-corrected chi connectivity index (χ4v) is 2.65. The number of urea groups is 1. The van der Waals surface area contributed by atoms with E-state index in [9.17, 15) is 9.90 Å². The maximum atomic E-state index is 11.7. The largest absolute Gasteiger partial charge is 0.391 e. The maximum absolute atomic E-state index is 11.7. The lowest BCUT2D eigenvalue weighted by atomic mass is 10.0. The smallest absolute Gasteiger partial charge is 0.314 e. The number of hydrogen-bond acceptors (Lipinski definition) is 3. The quantitative estimate of drug-likeness (QED) is 0.650. The predicted molar refractivity (Wildman–Crippen MR) is 96.0 cm³/mol. The number of rotatable bonds is 8. The number of para-hydroxylation sites is 2. The second-order valence-corrected chi connectivity index (χ2v) is 6.24. The molecule has 0 aliphatic carbocycles. The molecule has 3 N–H and O–H groups in total. The molecule has 0 saturated carbocycles. The molecule has 2 unspecified atom stereocenters. The summed E-state index contributed by atoms with van der Waals surface area (Å²) in [6.45, 7) is 7.67. The molecule has 1 aromatic heterocycles. The molecule has 0 spiro atoms. The number of aliphatic hydroxyl groups excluding tert-OH is 1. The number of fused-ring (bicyclic) bond motifs is 1. The molecule has 2 aromatic rings. The Bertz CT molecular complexity index is 668. The van der Waals surface area contributed by atoms with E-state index in [1.165, 1.54) is 0 Å². The Morgan fingerprint density at radius 1 is 1.33 bits per heavy atom. The van der Waals surface area contributed by atoms with Crippen molar-refractivity contribution < 1.29 is 9.90 Å². The van der Waals surface area contributed by atoms with Gasteiger partial charge < -0.3 is 20.3 Å². The molecular formula is C18H28N4O2. The van der Waals surface area contributed by atoms with Crippen LogP contribution in [0.25, 0.3) is 11.0 Å². The average molecular weight is 332 g/mol. The van der Waals surface area contributed by atoms with Crippen molar-refractivity contribution in [3.8, 4) is 0 Å². The van der Waals surface area contributed by atoms with Crippen molar-refractivity contribution in [2.45, 2.75) is 46.3 Å². The lowest BCUT2D eigenvalue weighted by Crippen LogP contribution is -2.41. The van der Waals surface area contributed by atoms with Gasteiger partial charge in [-0.3, -0.25) is 0 Å². The van der Waals surface area contributed by atoms with Crippen molar-refractivity contribution in [2.24, 2.45) is 5.92 Å². The standard InChI is InChI=1S/C18H28N4O2/c1-4-13(2)17(23)12-20-18(24)19-10-7-11-22-14(3)21-15-8-5-6-9-16(15)22/h5-6,8-9,13,17,23H,4,7,10-12H2,1-3H3,(H2,19,20,24). The molecule has 2 amide bonds. The number of nitrogens with one attached hydrogen (secondary N) is 2. The Morgan fingerprint density at radius 3 is 2.83 bits per heavy atom. The summed E-state index contributed by atoms with van der Waals surface area (Å²) >= 11 is 0. The lowest BCUT2D eigenvalue weighted by molar-refractivity contribution is 0.114. The van der Waals surface area contributed by atoms with Crippen LogP contribution in [0.15, 0.2) is 24.3 Å². The molecule has 6 nitrogen and oxygen atoms in total. The zero-order valence-corrected chi connectivity index (χ0v) is 14.7. The van der Waals surface area contributed by atoms with Gasteiger partial charge in [0.1, 0.15) is 5.82 Å². The van der Waals surface area contributed by atoms with Gasteiger partial charge in [-0.25, -0.2) is 9.78 Å². The first-order chi connectivity index (χ1) is 11.5. The van der Waals surface area contributed by atoms with Gasteiger partial charge in [0.2, 0.25) is 0 Å². The van der Waals surface area contributed by atoms with E-state index < -0.39 is 6.10 Å². The third kappa shape index (κ3) is 4.71. The molecule has 24 heavy (non-hydrogen) atoms.